The second-order valence-electron chi connectivity index (χ2n) is 3.28. The molecule has 3 nitrogen and oxygen atoms in total. The molecule has 0 fully saturated rings. The zero-order valence-corrected chi connectivity index (χ0v) is 9.83. The van der Waals surface area contributed by atoms with Gasteiger partial charge in [-0.1, -0.05) is 0 Å². The highest BCUT2D eigenvalue weighted by atomic mass is 32.2. The maximum absolute atomic E-state index is 8.81. The van der Waals surface area contributed by atoms with E-state index in [1.807, 2.05) is 24.3 Å². The van der Waals surface area contributed by atoms with E-state index >= 15 is 0 Å². The topological polar surface area (TPSA) is 42.4 Å². The van der Waals surface area contributed by atoms with Crippen molar-refractivity contribution in [1.29, 1.82) is 0 Å². The summed E-state index contributed by atoms with van der Waals surface area (Å²) >= 11 is 1.56. The van der Waals surface area contributed by atoms with Crippen molar-refractivity contribution < 1.29 is 9.84 Å². The molecule has 0 bridgehead atoms. The Hall–Kier alpha value is -1.26. The number of aliphatic hydroxyl groups excluding tert-OH is 1. The number of methoxy groups -OCH3 is 1. The van der Waals surface area contributed by atoms with Crippen LogP contribution in [0.4, 0.5) is 0 Å². The van der Waals surface area contributed by atoms with Gasteiger partial charge in [0.25, 0.3) is 0 Å². The zero-order chi connectivity index (χ0) is 11.4. The molecule has 0 unspecified atom stereocenters. The number of pyridine rings is 1. The van der Waals surface area contributed by atoms with Crippen molar-refractivity contribution in [2.75, 3.05) is 19.5 Å². The first-order chi connectivity index (χ1) is 7.85. The molecule has 0 aliphatic carbocycles. The van der Waals surface area contributed by atoms with Gasteiger partial charge >= 0.3 is 0 Å². The predicted molar refractivity (Wildman–Crippen MR) is 66.1 cm³/mol. The number of hydrogen-bond acceptors (Lipinski definition) is 4. The van der Waals surface area contributed by atoms with Crippen LogP contribution in [0.5, 0.6) is 5.75 Å². The number of aromatic nitrogens is 1. The summed E-state index contributed by atoms with van der Waals surface area (Å²) in [5.41, 5.74) is 0. The normalized spacial score (nSPS) is 10.6. The first-order valence-corrected chi connectivity index (χ1v) is 6.00. The summed E-state index contributed by atoms with van der Waals surface area (Å²) in [6, 6.07) is 7.87. The molecule has 0 spiro atoms. The van der Waals surface area contributed by atoms with Gasteiger partial charge in [0.15, 0.2) is 0 Å². The average Bonchev–Trinajstić information content (AvgIpc) is 2.35. The fourth-order valence-electron chi connectivity index (χ4n) is 1.51. The van der Waals surface area contributed by atoms with Gasteiger partial charge in [-0.15, -0.1) is 11.8 Å². The molecular formula is C12H13NO2S. The van der Waals surface area contributed by atoms with Crippen LogP contribution in [-0.2, 0) is 0 Å². The van der Waals surface area contributed by atoms with E-state index in [-0.39, 0.29) is 6.61 Å². The van der Waals surface area contributed by atoms with Crippen molar-refractivity contribution in [2.24, 2.45) is 0 Å². The van der Waals surface area contributed by atoms with Crippen molar-refractivity contribution in [3.63, 3.8) is 0 Å². The second kappa shape index (κ2) is 5.18. The van der Waals surface area contributed by atoms with Crippen LogP contribution in [0.1, 0.15) is 0 Å². The van der Waals surface area contributed by atoms with Crippen molar-refractivity contribution in [3.05, 3.63) is 30.5 Å². The Morgan fingerprint density at radius 1 is 1.38 bits per heavy atom. The third kappa shape index (κ3) is 2.28. The number of hydrogen-bond donors (Lipinski definition) is 1. The van der Waals surface area contributed by atoms with Gasteiger partial charge in [0.1, 0.15) is 10.8 Å². The Balaban J connectivity index is 2.43. The minimum Gasteiger partial charge on any atom is -0.497 e. The molecule has 0 saturated carbocycles. The van der Waals surface area contributed by atoms with Gasteiger partial charge in [-0.05, 0) is 29.7 Å². The lowest BCUT2D eigenvalue weighted by Crippen LogP contribution is -1.89. The van der Waals surface area contributed by atoms with Crippen molar-refractivity contribution in [3.8, 4) is 5.75 Å². The van der Waals surface area contributed by atoms with E-state index in [2.05, 4.69) is 4.98 Å². The van der Waals surface area contributed by atoms with Crippen LogP contribution in [0.25, 0.3) is 10.8 Å². The summed E-state index contributed by atoms with van der Waals surface area (Å²) in [6.07, 6.45) is 1.78. The molecule has 0 aliphatic rings. The summed E-state index contributed by atoms with van der Waals surface area (Å²) < 4.78 is 5.18. The number of benzene rings is 1. The molecule has 0 saturated heterocycles. The Morgan fingerprint density at radius 3 is 3.00 bits per heavy atom. The maximum atomic E-state index is 8.81. The highest BCUT2D eigenvalue weighted by Crippen LogP contribution is 2.28. The van der Waals surface area contributed by atoms with Gasteiger partial charge in [0.05, 0.1) is 13.7 Å². The quantitative estimate of drug-likeness (QED) is 0.826. The summed E-state index contributed by atoms with van der Waals surface area (Å²) in [5, 5.41) is 12.0. The fourth-order valence-corrected chi connectivity index (χ4v) is 2.27. The lowest BCUT2D eigenvalue weighted by Gasteiger charge is -2.06. The molecule has 16 heavy (non-hydrogen) atoms. The molecule has 0 amide bonds. The van der Waals surface area contributed by atoms with Crippen LogP contribution in [0.3, 0.4) is 0 Å². The molecule has 0 radical (unpaired) electrons. The number of aliphatic hydroxyl groups is 1. The van der Waals surface area contributed by atoms with Gasteiger partial charge in [-0.2, -0.15) is 0 Å². The minimum absolute atomic E-state index is 0.166. The Morgan fingerprint density at radius 2 is 2.25 bits per heavy atom. The summed E-state index contributed by atoms with van der Waals surface area (Å²) in [7, 11) is 1.66. The molecule has 0 aliphatic heterocycles. The highest BCUT2D eigenvalue weighted by Gasteiger charge is 2.03. The number of thioether (sulfide) groups is 1. The first-order valence-electron chi connectivity index (χ1n) is 5.01. The van der Waals surface area contributed by atoms with Gasteiger partial charge in [0.2, 0.25) is 0 Å². The maximum Gasteiger partial charge on any atom is 0.119 e. The molecule has 2 rings (SSSR count). The molecule has 2 aromatic rings. The summed E-state index contributed by atoms with van der Waals surface area (Å²) in [5.74, 6) is 1.51. The van der Waals surface area contributed by atoms with E-state index in [1.165, 1.54) is 0 Å². The third-order valence-corrected chi connectivity index (χ3v) is 3.25. The first kappa shape index (κ1) is 11.2. The Bertz CT molecular complexity index is 487. The molecule has 1 N–H and O–H groups in total. The smallest absolute Gasteiger partial charge is 0.119 e. The van der Waals surface area contributed by atoms with Gasteiger partial charge in [0, 0.05) is 17.3 Å². The lowest BCUT2D eigenvalue weighted by molar-refractivity contribution is 0.322. The van der Waals surface area contributed by atoms with Gasteiger partial charge in [-0.3, -0.25) is 0 Å². The highest BCUT2D eigenvalue weighted by molar-refractivity contribution is 7.99. The summed E-state index contributed by atoms with van der Waals surface area (Å²) in [6.45, 7) is 0.166. The minimum atomic E-state index is 0.166. The number of ether oxygens (including phenoxy) is 1. The molecule has 84 valence electrons. The van der Waals surface area contributed by atoms with Crippen LogP contribution >= 0.6 is 11.8 Å². The van der Waals surface area contributed by atoms with Crippen LogP contribution in [0, 0.1) is 0 Å². The molecule has 1 aromatic heterocycles. The standard InChI is InChI=1S/C12H13NO2S/c1-15-10-2-3-11-9(8-10)4-5-13-12(11)16-7-6-14/h2-5,8,14H,6-7H2,1H3. The number of fused-ring (bicyclic) bond motifs is 1. The molecule has 1 aromatic carbocycles. The molecular weight excluding hydrogens is 222 g/mol. The number of rotatable bonds is 4. The second-order valence-corrected chi connectivity index (χ2v) is 4.36. The van der Waals surface area contributed by atoms with Gasteiger partial charge in [-0.25, -0.2) is 4.98 Å². The Kier molecular flexibility index (Phi) is 3.64. The van der Waals surface area contributed by atoms with Crippen LogP contribution in [0.15, 0.2) is 35.5 Å². The summed E-state index contributed by atoms with van der Waals surface area (Å²) in [4.78, 5) is 4.31. The zero-order valence-electron chi connectivity index (χ0n) is 9.01. The van der Waals surface area contributed by atoms with Crippen LogP contribution in [-0.4, -0.2) is 29.6 Å². The predicted octanol–water partition coefficient (Wildman–Crippen LogP) is 2.33. The number of nitrogens with zero attached hydrogens (tertiary/aromatic N) is 1. The van der Waals surface area contributed by atoms with E-state index in [1.54, 1.807) is 25.1 Å². The van der Waals surface area contributed by atoms with Crippen LogP contribution < -0.4 is 4.74 Å². The van der Waals surface area contributed by atoms with Gasteiger partial charge < -0.3 is 9.84 Å². The van der Waals surface area contributed by atoms with E-state index in [0.29, 0.717) is 5.75 Å². The third-order valence-electron chi connectivity index (χ3n) is 2.27. The monoisotopic (exact) mass is 235 g/mol. The van der Waals surface area contributed by atoms with E-state index in [9.17, 15) is 0 Å². The molecule has 1 heterocycles. The molecule has 4 heteroatoms. The van der Waals surface area contributed by atoms with Crippen molar-refractivity contribution >= 4 is 22.5 Å². The Labute approximate surface area is 98.5 Å². The van der Waals surface area contributed by atoms with Crippen LogP contribution in [0.2, 0.25) is 0 Å². The van der Waals surface area contributed by atoms with E-state index < -0.39 is 0 Å². The van der Waals surface area contributed by atoms with E-state index in [0.717, 1.165) is 21.5 Å². The van der Waals surface area contributed by atoms with E-state index in [4.69, 9.17) is 9.84 Å². The average molecular weight is 235 g/mol. The van der Waals surface area contributed by atoms with Crippen molar-refractivity contribution in [1.82, 2.24) is 4.98 Å². The largest absolute Gasteiger partial charge is 0.497 e. The van der Waals surface area contributed by atoms with Crippen molar-refractivity contribution in [2.45, 2.75) is 5.03 Å². The fraction of sp³-hybridized carbons (Fsp3) is 0.250. The lowest BCUT2D eigenvalue weighted by atomic mass is 10.2. The molecule has 0 atom stereocenters. The SMILES string of the molecule is COc1ccc2c(SCCO)nccc2c1.